The van der Waals surface area contributed by atoms with E-state index in [1.807, 2.05) is 19.0 Å². The summed E-state index contributed by atoms with van der Waals surface area (Å²) in [5, 5.41) is 2.87. The highest BCUT2D eigenvalue weighted by Gasteiger charge is 2.27. The van der Waals surface area contributed by atoms with Crippen LogP contribution in [-0.4, -0.2) is 63.2 Å². The monoisotopic (exact) mass is 333 g/mol. The third-order valence-corrected chi connectivity index (χ3v) is 4.16. The Balaban J connectivity index is 1.76. The van der Waals surface area contributed by atoms with Crippen molar-refractivity contribution in [3.63, 3.8) is 0 Å². The number of fused-ring (bicyclic) bond motifs is 1. The van der Waals surface area contributed by atoms with Crippen LogP contribution in [0.1, 0.15) is 12.8 Å². The van der Waals surface area contributed by atoms with Crippen molar-refractivity contribution < 1.29 is 19.1 Å². The molecule has 7 heteroatoms. The number of nitrogens with zero attached hydrogens (tertiary/aromatic N) is 2. The lowest BCUT2D eigenvalue weighted by atomic mass is 10.2. The highest BCUT2D eigenvalue weighted by atomic mass is 16.5. The lowest BCUT2D eigenvalue weighted by Crippen LogP contribution is -2.42. The van der Waals surface area contributed by atoms with Gasteiger partial charge in [-0.3, -0.25) is 9.59 Å². The minimum absolute atomic E-state index is 0.0437. The van der Waals surface area contributed by atoms with Gasteiger partial charge in [0.1, 0.15) is 11.9 Å². The number of likely N-dealkylation sites (N-methyl/N-ethyl adjacent to an activating group) is 1. The first kappa shape index (κ1) is 16.7. The van der Waals surface area contributed by atoms with Gasteiger partial charge in [-0.1, -0.05) is 0 Å². The number of nitrogens with one attached hydrogen (secondary N) is 1. The molecule has 0 aliphatic carbocycles. The number of benzene rings is 1. The highest BCUT2D eigenvalue weighted by Crippen LogP contribution is 2.34. The molecule has 2 heterocycles. The summed E-state index contributed by atoms with van der Waals surface area (Å²) in [5.41, 5.74) is 1.33. The molecule has 1 saturated heterocycles. The molecule has 7 nitrogen and oxygen atoms in total. The zero-order valence-electron chi connectivity index (χ0n) is 14.1. The van der Waals surface area contributed by atoms with E-state index < -0.39 is 0 Å². The Bertz CT molecular complexity index is 626. The van der Waals surface area contributed by atoms with Crippen LogP contribution >= 0.6 is 0 Å². The van der Waals surface area contributed by atoms with Crippen molar-refractivity contribution in [1.29, 1.82) is 0 Å². The van der Waals surface area contributed by atoms with E-state index in [2.05, 4.69) is 5.32 Å². The van der Waals surface area contributed by atoms with Crippen molar-refractivity contribution in [2.75, 3.05) is 50.6 Å². The van der Waals surface area contributed by atoms with Crippen LogP contribution in [0.5, 0.6) is 5.75 Å². The third kappa shape index (κ3) is 3.68. The molecule has 1 atom stereocenters. The largest absolute Gasteiger partial charge is 0.482 e. The van der Waals surface area contributed by atoms with E-state index in [0.29, 0.717) is 30.3 Å². The highest BCUT2D eigenvalue weighted by molar-refractivity contribution is 6.00. The van der Waals surface area contributed by atoms with Crippen LogP contribution in [-0.2, 0) is 14.3 Å². The summed E-state index contributed by atoms with van der Waals surface area (Å²) in [5.74, 6) is 0.436. The summed E-state index contributed by atoms with van der Waals surface area (Å²) in [4.78, 5) is 28.1. The minimum atomic E-state index is -0.385. The van der Waals surface area contributed by atoms with Gasteiger partial charge < -0.3 is 24.6 Å². The second kappa shape index (κ2) is 7.19. The first-order valence-corrected chi connectivity index (χ1v) is 8.19. The van der Waals surface area contributed by atoms with Gasteiger partial charge in [0.05, 0.1) is 5.69 Å². The lowest BCUT2D eigenvalue weighted by Gasteiger charge is -2.30. The third-order valence-electron chi connectivity index (χ3n) is 4.16. The Hall–Kier alpha value is -2.12. The van der Waals surface area contributed by atoms with E-state index in [9.17, 15) is 9.59 Å². The zero-order valence-corrected chi connectivity index (χ0v) is 14.1. The average molecular weight is 333 g/mol. The fourth-order valence-corrected chi connectivity index (χ4v) is 2.83. The Morgan fingerprint density at radius 3 is 2.96 bits per heavy atom. The lowest BCUT2D eigenvalue weighted by molar-refractivity contribution is -0.124. The molecule has 0 saturated carbocycles. The predicted octanol–water partition coefficient (Wildman–Crippen LogP) is 1.09. The quantitative estimate of drug-likeness (QED) is 0.873. The second-order valence-corrected chi connectivity index (χ2v) is 6.31. The Morgan fingerprint density at radius 2 is 2.25 bits per heavy atom. The summed E-state index contributed by atoms with van der Waals surface area (Å²) in [6.45, 7) is 1.99. The van der Waals surface area contributed by atoms with Gasteiger partial charge in [0, 0.05) is 25.4 Å². The van der Waals surface area contributed by atoms with Crippen LogP contribution in [0.25, 0.3) is 0 Å². The van der Waals surface area contributed by atoms with E-state index >= 15 is 0 Å². The summed E-state index contributed by atoms with van der Waals surface area (Å²) >= 11 is 0. The molecule has 2 aliphatic rings. The van der Waals surface area contributed by atoms with Crippen molar-refractivity contribution in [1.82, 2.24) is 4.90 Å². The van der Waals surface area contributed by atoms with Crippen molar-refractivity contribution in [3.05, 3.63) is 18.2 Å². The maximum atomic E-state index is 12.2. The first-order chi connectivity index (χ1) is 11.5. The number of anilines is 2. The van der Waals surface area contributed by atoms with Crippen LogP contribution in [0, 0.1) is 0 Å². The predicted molar refractivity (Wildman–Crippen MR) is 90.4 cm³/mol. The Kier molecular flexibility index (Phi) is 5.01. The molecular formula is C17H23N3O4. The van der Waals surface area contributed by atoms with E-state index in [4.69, 9.17) is 9.47 Å². The Labute approximate surface area is 141 Å². The molecule has 0 radical (unpaired) electrons. The van der Waals surface area contributed by atoms with Gasteiger partial charge in [-0.15, -0.1) is 0 Å². The number of amides is 2. The molecule has 2 aliphatic heterocycles. The smallest absolute Gasteiger partial charge is 0.265 e. The second-order valence-electron chi connectivity index (χ2n) is 6.31. The van der Waals surface area contributed by atoms with Gasteiger partial charge in [-0.2, -0.15) is 0 Å². The van der Waals surface area contributed by atoms with Gasteiger partial charge >= 0.3 is 0 Å². The van der Waals surface area contributed by atoms with Crippen molar-refractivity contribution in [3.8, 4) is 5.75 Å². The summed E-state index contributed by atoms with van der Waals surface area (Å²) in [6.07, 6.45) is 1.26. The van der Waals surface area contributed by atoms with Crippen LogP contribution < -0.4 is 15.0 Å². The summed E-state index contributed by atoms with van der Waals surface area (Å²) in [6, 6.07) is 5.36. The van der Waals surface area contributed by atoms with E-state index in [1.54, 1.807) is 23.1 Å². The maximum absolute atomic E-state index is 12.2. The number of hydrogen-bond acceptors (Lipinski definition) is 5. The topological polar surface area (TPSA) is 71.1 Å². The van der Waals surface area contributed by atoms with Crippen LogP contribution in [0.3, 0.4) is 0 Å². The van der Waals surface area contributed by atoms with Gasteiger partial charge in [-0.05, 0) is 45.1 Å². The van der Waals surface area contributed by atoms with Crippen LogP contribution in [0.4, 0.5) is 11.4 Å². The molecule has 130 valence electrons. The number of carbonyl (C=O) groups is 2. The van der Waals surface area contributed by atoms with Gasteiger partial charge in [0.25, 0.3) is 11.8 Å². The van der Waals surface area contributed by atoms with Crippen molar-refractivity contribution in [2.45, 2.75) is 18.9 Å². The van der Waals surface area contributed by atoms with Crippen molar-refractivity contribution in [2.24, 2.45) is 0 Å². The molecule has 1 fully saturated rings. The summed E-state index contributed by atoms with van der Waals surface area (Å²) < 4.78 is 10.9. The van der Waals surface area contributed by atoms with Crippen LogP contribution in [0.2, 0.25) is 0 Å². The standard InChI is InChI=1S/C17H23N3O4/c1-19(2)7-8-20-13-10-12(5-6-14(13)24-11-16(20)21)18-17(22)15-4-3-9-23-15/h5-6,10,15H,3-4,7-9,11H2,1-2H3,(H,18,22). The zero-order chi connectivity index (χ0) is 17.1. The molecule has 0 spiro atoms. The number of rotatable bonds is 5. The molecule has 3 rings (SSSR count). The summed E-state index contributed by atoms with van der Waals surface area (Å²) in [7, 11) is 3.92. The minimum Gasteiger partial charge on any atom is -0.482 e. The maximum Gasteiger partial charge on any atom is 0.265 e. The molecule has 1 aromatic rings. The van der Waals surface area contributed by atoms with Gasteiger partial charge in [0.15, 0.2) is 6.61 Å². The van der Waals surface area contributed by atoms with Crippen molar-refractivity contribution >= 4 is 23.2 Å². The molecule has 1 N–H and O–H groups in total. The van der Waals surface area contributed by atoms with E-state index in [-0.39, 0.29) is 24.5 Å². The fourth-order valence-electron chi connectivity index (χ4n) is 2.83. The van der Waals surface area contributed by atoms with Crippen LogP contribution in [0.15, 0.2) is 18.2 Å². The van der Waals surface area contributed by atoms with Gasteiger partial charge in [-0.25, -0.2) is 0 Å². The molecule has 1 aromatic carbocycles. The number of carbonyl (C=O) groups excluding carboxylic acids is 2. The number of ether oxygens (including phenoxy) is 2. The number of hydrogen-bond donors (Lipinski definition) is 1. The average Bonchev–Trinajstić information content (AvgIpc) is 3.08. The molecular weight excluding hydrogens is 310 g/mol. The normalized spacial score (nSPS) is 20.0. The SMILES string of the molecule is CN(C)CCN1C(=O)COc2ccc(NC(=O)C3CCCO3)cc21. The molecule has 1 unspecified atom stereocenters. The van der Waals surface area contributed by atoms with Gasteiger partial charge in [0.2, 0.25) is 0 Å². The molecule has 2 amide bonds. The molecule has 0 bridgehead atoms. The first-order valence-electron chi connectivity index (χ1n) is 8.19. The van der Waals surface area contributed by atoms with E-state index in [1.165, 1.54) is 0 Å². The fraction of sp³-hybridized carbons (Fsp3) is 0.529. The Morgan fingerprint density at radius 1 is 1.42 bits per heavy atom. The molecule has 24 heavy (non-hydrogen) atoms. The van der Waals surface area contributed by atoms with E-state index in [0.717, 1.165) is 19.4 Å². The molecule has 0 aromatic heterocycles.